The molecule has 0 heterocycles. The zero-order valence-corrected chi connectivity index (χ0v) is 13.8. The summed E-state index contributed by atoms with van der Waals surface area (Å²) in [6, 6.07) is 5.88. The summed E-state index contributed by atoms with van der Waals surface area (Å²) in [5, 5.41) is 9.15. The van der Waals surface area contributed by atoms with E-state index in [4.69, 9.17) is 35.4 Å². The van der Waals surface area contributed by atoms with Gasteiger partial charge >= 0.3 is 0 Å². The van der Waals surface area contributed by atoms with Gasteiger partial charge in [0, 0.05) is 6.04 Å². The predicted octanol–water partition coefficient (Wildman–Crippen LogP) is 3.98. The third-order valence-electron chi connectivity index (χ3n) is 4.38. The highest BCUT2D eigenvalue weighted by atomic mass is 35.5. The Labute approximate surface area is 140 Å². The van der Waals surface area contributed by atoms with E-state index in [0.29, 0.717) is 21.2 Å². The van der Waals surface area contributed by atoms with Gasteiger partial charge in [0.05, 0.1) is 16.3 Å². The molecule has 0 amide bonds. The highest BCUT2D eigenvalue weighted by Gasteiger charge is 2.39. The van der Waals surface area contributed by atoms with E-state index in [9.17, 15) is 0 Å². The number of hydrogen-bond donors (Lipinski definition) is 2. The van der Waals surface area contributed by atoms with Crippen LogP contribution in [0.1, 0.15) is 31.2 Å². The molecule has 3 rings (SSSR count). The Morgan fingerprint density at radius 3 is 2.76 bits per heavy atom. The average Bonchev–Trinajstić information content (AvgIpc) is 3.05. The van der Waals surface area contributed by atoms with Gasteiger partial charge in [-0.15, -0.1) is 0 Å². The quantitative estimate of drug-likeness (QED) is 0.496. The fourth-order valence-electron chi connectivity index (χ4n) is 3.38. The van der Waals surface area contributed by atoms with Gasteiger partial charge in [0.25, 0.3) is 0 Å². The van der Waals surface area contributed by atoms with E-state index in [-0.39, 0.29) is 0 Å². The first-order chi connectivity index (χ1) is 10.1. The average molecular weight is 342 g/mol. The molecule has 0 spiro atoms. The first kappa shape index (κ1) is 15.1. The van der Waals surface area contributed by atoms with Crippen LogP contribution in [0, 0.1) is 11.8 Å². The Morgan fingerprint density at radius 1 is 1.24 bits per heavy atom. The van der Waals surface area contributed by atoms with E-state index >= 15 is 0 Å². The van der Waals surface area contributed by atoms with Crippen LogP contribution in [0.3, 0.4) is 0 Å². The van der Waals surface area contributed by atoms with E-state index in [2.05, 4.69) is 15.8 Å². The molecule has 0 radical (unpaired) electrons. The standard InChI is InChI=1S/C15H17Cl2N3S/c16-12-4-2-10(6-13(12)17)8-18-20-15(21)19-14-7-9-1-3-11(14)5-9/h2,4,6,8-9,11,14H,1,3,5,7H2,(H2,19,20,21)/b18-8-/t9-,11-,14+/m1/s1. The van der Waals surface area contributed by atoms with E-state index in [0.717, 1.165) is 17.4 Å². The third-order valence-corrected chi connectivity index (χ3v) is 5.33. The number of halogens is 2. The molecule has 3 atom stereocenters. The first-order valence-corrected chi connectivity index (χ1v) is 8.33. The summed E-state index contributed by atoms with van der Waals surface area (Å²) in [6.07, 6.45) is 6.99. The third kappa shape index (κ3) is 3.68. The van der Waals surface area contributed by atoms with Crippen LogP contribution < -0.4 is 10.7 Å². The zero-order valence-electron chi connectivity index (χ0n) is 11.5. The monoisotopic (exact) mass is 341 g/mol. The second-order valence-corrected chi connectivity index (χ2v) is 7.02. The summed E-state index contributed by atoms with van der Waals surface area (Å²) in [4.78, 5) is 0. The summed E-state index contributed by atoms with van der Waals surface area (Å²) >= 11 is 17.1. The topological polar surface area (TPSA) is 36.4 Å². The molecule has 6 heteroatoms. The lowest BCUT2D eigenvalue weighted by molar-refractivity contribution is 0.389. The minimum absolute atomic E-state index is 0.517. The van der Waals surface area contributed by atoms with Gasteiger partial charge in [-0.2, -0.15) is 5.10 Å². The maximum absolute atomic E-state index is 5.95. The smallest absolute Gasteiger partial charge is 0.187 e. The minimum Gasteiger partial charge on any atom is -0.358 e. The minimum atomic E-state index is 0.517. The molecule has 0 aliphatic heterocycles. The van der Waals surface area contributed by atoms with Crippen LogP contribution in [-0.4, -0.2) is 17.4 Å². The van der Waals surface area contributed by atoms with Crippen LogP contribution in [-0.2, 0) is 0 Å². The SMILES string of the molecule is S=C(N/N=C\c1ccc(Cl)c(Cl)c1)N[C@H]1C[C@@H]2CC[C@@H]1C2. The normalized spacial score (nSPS) is 27.2. The van der Waals surface area contributed by atoms with Crippen molar-refractivity contribution in [2.45, 2.75) is 31.7 Å². The van der Waals surface area contributed by atoms with Crippen molar-refractivity contribution in [3.05, 3.63) is 33.8 Å². The molecular formula is C15H17Cl2N3S. The van der Waals surface area contributed by atoms with Crippen LogP contribution in [0.2, 0.25) is 10.0 Å². The molecule has 1 aromatic rings. The molecule has 1 aromatic carbocycles. The van der Waals surface area contributed by atoms with Crippen molar-refractivity contribution in [3.63, 3.8) is 0 Å². The molecule has 2 saturated carbocycles. The van der Waals surface area contributed by atoms with Gasteiger partial charge in [0.2, 0.25) is 0 Å². The zero-order chi connectivity index (χ0) is 14.8. The number of benzene rings is 1. The van der Waals surface area contributed by atoms with Gasteiger partial charge in [-0.05, 0) is 61.0 Å². The Hall–Kier alpha value is -0.840. The summed E-state index contributed by atoms with van der Waals surface area (Å²) in [6.45, 7) is 0. The van der Waals surface area contributed by atoms with Crippen molar-refractivity contribution in [3.8, 4) is 0 Å². The van der Waals surface area contributed by atoms with Gasteiger partial charge in [-0.1, -0.05) is 35.7 Å². The molecule has 0 unspecified atom stereocenters. The van der Waals surface area contributed by atoms with Crippen molar-refractivity contribution in [1.82, 2.24) is 10.7 Å². The number of nitrogens with zero attached hydrogens (tertiary/aromatic N) is 1. The first-order valence-electron chi connectivity index (χ1n) is 7.16. The molecule has 21 heavy (non-hydrogen) atoms. The second kappa shape index (κ2) is 6.51. The van der Waals surface area contributed by atoms with Crippen LogP contribution in [0.5, 0.6) is 0 Å². The van der Waals surface area contributed by atoms with E-state index in [1.54, 1.807) is 18.3 Å². The Morgan fingerprint density at radius 2 is 2.10 bits per heavy atom. The number of hydrogen-bond acceptors (Lipinski definition) is 2. The van der Waals surface area contributed by atoms with Crippen LogP contribution in [0.4, 0.5) is 0 Å². The Kier molecular flexibility index (Phi) is 4.67. The van der Waals surface area contributed by atoms with Crippen molar-refractivity contribution < 1.29 is 0 Å². The van der Waals surface area contributed by atoms with E-state index in [1.165, 1.54) is 25.7 Å². The summed E-state index contributed by atoms with van der Waals surface area (Å²) in [5.41, 5.74) is 3.74. The van der Waals surface area contributed by atoms with Gasteiger partial charge in [0.1, 0.15) is 0 Å². The maximum atomic E-state index is 5.95. The number of nitrogens with one attached hydrogen (secondary N) is 2. The molecule has 2 bridgehead atoms. The molecule has 3 nitrogen and oxygen atoms in total. The number of fused-ring (bicyclic) bond motifs is 2. The lowest BCUT2D eigenvalue weighted by atomic mass is 9.96. The van der Waals surface area contributed by atoms with Gasteiger partial charge in [0.15, 0.2) is 5.11 Å². The highest BCUT2D eigenvalue weighted by molar-refractivity contribution is 7.80. The lowest BCUT2D eigenvalue weighted by Crippen LogP contribution is -2.42. The Balaban J connectivity index is 1.49. The summed E-state index contributed by atoms with van der Waals surface area (Å²) in [7, 11) is 0. The maximum Gasteiger partial charge on any atom is 0.187 e. The molecule has 112 valence electrons. The van der Waals surface area contributed by atoms with Crippen molar-refractivity contribution in [2.75, 3.05) is 0 Å². The summed E-state index contributed by atoms with van der Waals surface area (Å²) < 4.78 is 0. The molecular weight excluding hydrogens is 325 g/mol. The summed E-state index contributed by atoms with van der Waals surface area (Å²) in [5.74, 6) is 1.68. The van der Waals surface area contributed by atoms with Crippen molar-refractivity contribution in [2.24, 2.45) is 16.9 Å². The van der Waals surface area contributed by atoms with Crippen molar-refractivity contribution in [1.29, 1.82) is 0 Å². The van der Waals surface area contributed by atoms with Crippen LogP contribution >= 0.6 is 35.4 Å². The lowest BCUT2D eigenvalue weighted by Gasteiger charge is -2.23. The fourth-order valence-corrected chi connectivity index (χ4v) is 3.89. The Bertz CT molecular complexity index is 576. The molecule has 2 fully saturated rings. The molecule has 0 saturated heterocycles. The molecule has 2 aliphatic carbocycles. The second-order valence-electron chi connectivity index (χ2n) is 5.80. The van der Waals surface area contributed by atoms with E-state index in [1.807, 2.05) is 6.07 Å². The predicted molar refractivity (Wildman–Crippen MR) is 92.2 cm³/mol. The fraction of sp³-hybridized carbons (Fsp3) is 0.467. The molecule has 2 aliphatic rings. The number of rotatable bonds is 3. The number of hydrazone groups is 1. The molecule has 2 N–H and O–H groups in total. The molecule has 0 aromatic heterocycles. The largest absolute Gasteiger partial charge is 0.358 e. The van der Waals surface area contributed by atoms with Gasteiger partial charge in [-0.3, -0.25) is 5.43 Å². The number of thiocarbonyl (C=S) groups is 1. The highest BCUT2D eigenvalue weighted by Crippen LogP contribution is 2.44. The van der Waals surface area contributed by atoms with Crippen molar-refractivity contribution >= 4 is 46.7 Å². The van der Waals surface area contributed by atoms with E-state index < -0.39 is 0 Å². The van der Waals surface area contributed by atoms with Crippen LogP contribution in [0.25, 0.3) is 0 Å². The van der Waals surface area contributed by atoms with Gasteiger partial charge < -0.3 is 5.32 Å². The van der Waals surface area contributed by atoms with Crippen LogP contribution in [0.15, 0.2) is 23.3 Å². The van der Waals surface area contributed by atoms with Gasteiger partial charge in [-0.25, -0.2) is 0 Å².